The Hall–Kier alpha value is -2.41. The maximum absolute atomic E-state index is 12.3. The zero-order valence-corrected chi connectivity index (χ0v) is 13.8. The first-order chi connectivity index (χ1) is 11.7. The minimum Gasteiger partial charge on any atom is -0.350 e. The number of nitrogens with one attached hydrogen (secondary N) is 3. The Balaban J connectivity index is 1.52. The van der Waals surface area contributed by atoms with Gasteiger partial charge in [0.25, 0.3) is 5.91 Å². The first-order valence-corrected chi connectivity index (χ1v) is 8.36. The molecule has 24 heavy (non-hydrogen) atoms. The van der Waals surface area contributed by atoms with Gasteiger partial charge in [-0.1, -0.05) is 18.2 Å². The Bertz CT molecular complexity index is 727. The van der Waals surface area contributed by atoms with Gasteiger partial charge in [-0.3, -0.25) is 14.7 Å². The summed E-state index contributed by atoms with van der Waals surface area (Å²) in [6, 6.07) is 7.75. The smallest absolute Gasteiger partial charge is 0.272 e. The molecule has 7 heteroatoms. The highest BCUT2D eigenvalue weighted by molar-refractivity contribution is 6.04. The Morgan fingerprint density at radius 2 is 2.21 bits per heavy atom. The molecule has 2 aromatic rings. The number of para-hydroxylation sites is 1. The second-order valence-corrected chi connectivity index (χ2v) is 6.06. The summed E-state index contributed by atoms with van der Waals surface area (Å²) >= 11 is 0. The highest BCUT2D eigenvalue weighted by atomic mass is 16.2. The molecule has 1 aromatic heterocycles. The summed E-state index contributed by atoms with van der Waals surface area (Å²) in [5.41, 5.74) is 1.19. The van der Waals surface area contributed by atoms with Crippen LogP contribution in [0.1, 0.15) is 29.8 Å². The molecule has 3 rings (SSSR count). The average Bonchev–Trinajstić information content (AvgIpc) is 3.21. The molecule has 7 nitrogen and oxygen atoms in total. The third-order valence-electron chi connectivity index (χ3n) is 4.45. The number of aromatic amines is 1. The number of rotatable bonds is 6. The van der Waals surface area contributed by atoms with Crippen molar-refractivity contribution in [2.75, 3.05) is 26.7 Å². The number of fused-ring (bicyclic) bond motifs is 1. The van der Waals surface area contributed by atoms with Gasteiger partial charge in [0.2, 0.25) is 5.91 Å². The lowest BCUT2D eigenvalue weighted by Gasteiger charge is -2.24. The normalized spacial score (nSPS) is 17.4. The lowest BCUT2D eigenvalue weighted by atomic mass is 10.2. The van der Waals surface area contributed by atoms with E-state index >= 15 is 0 Å². The van der Waals surface area contributed by atoms with Gasteiger partial charge >= 0.3 is 0 Å². The van der Waals surface area contributed by atoms with Gasteiger partial charge in [0.05, 0.1) is 5.52 Å². The fourth-order valence-electron chi connectivity index (χ4n) is 3.26. The monoisotopic (exact) mass is 329 g/mol. The number of hydrogen-bond donors (Lipinski definition) is 3. The number of aromatic nitrogens is 2. The second-order valence-electron chi connectivity index (χ2n) is 6.06. The molecule has 1 aliphatic heterocycles. The van der Waals surface area contributed by atoms with E-state index in [4.69, 9.17) is 0 Å². The van der Waals surface area contributed by atoms with Crippen LogP contribution in [0, 0.1) is 0 Å². The largest absolute Gasteiger partial charge is 0.350 e. The first kappa shape index (κ1) is 16.4. The average molecular weight is 329 g/mol. The van der Waals surface area contributed by atoms with E-state index in [1.54, 1.807) is 0 Å². The fraction of sp³-hybridized carbons (Fsp3) is 0.471. The zero-order valence-electron chi connectivity index (χ0n) is 13.8. The first-order valence-electron chi connectivity index (χ1n) is 8.36. The van der Waals surface area contributed by atoms with Crippen molar-refractivity contribution in [3.8, 4) is 0 Å². The zero-order chi connectivity index (χ0) is 16.9. The molecule has 3 N–H and O–H groups in total. The fourth-order valence-corrected chi connectivity index (χ4v) is 3.26. The van der Waals surface area contributed by atoms with Crippen molar-refractivity contribution < 1.29 is 9.59 Å². The summed E-state index contributed by atoms with van der Waals surface area (Å²) in [6.07, 6.45) is 2.40. The van der Waals surface area contributed by atoms with E-state index in [1.807, 2.05) is 36.2 Å². The van der Waals surface area contributed by atoms with Crippen LogP contribution >= 0.6 is 0 Å². The van der Waals surface area contributed by atoms with E-state index in [0.717, 1.165) is 36.8 Å². The number of likely N-dealkylation sites (N-methyl/N-ethyl adjacent to an activating group) is 1. The third kappa shape index (κ3) is 3.41. The van der Waals surface area contributed by atoms with Gasteiger partial charge in [0.15, 0.2) is 5.69 Å². The van der Waals surface area contributed by atoms with E-state index in [0.29, 0.717) is 18.7 Å². The van der Waals surface area contributed by atoms with Gasteiger partial charge < -0.3 is 15.5 Å². The Morgan fingerprint density at radius 3 is 3.04 bits per heavy atom. The van der Waals surface area contributed by atoms with Crippen LogP contribution in [0.4, 0.5) is 0 Å². The minimum atomic E-state index is -0.256. The van der Waals surface area contributed by atoms with Crippen LogP contribution < -0.4 is 10.6 Å². The van der Waals surface area contributed by atoms with Crippen LogP contribution in [-0.4, -0.2) is 59.6 Å². The molecule has 1 atom stereocenters. The van der Waals surface area contributed by atoms with Crippen molar-refractivity contribution in [2.24, 2.45) is 0 Å². The lowest BCUT2D eigenvalue weighted by Crippen LogP contribution is -2.42. The van der Waals surface area contributed by atoms with E-state index in [9.17, 15) is 9.59 Å². The molecular formula is C17H23N5O2. The molecule has 1 fully saturated rings. The number of carbonyl (C=O) groups is 2. The van der Waals surface area contributed by atoms with Gasteiger partial charge in [-0.05, 0) is 26.0 Å². The molecule has 1 aromatic carbocycles. The lowest BCUT2D eigenvalue weighted by molar-refractivity contribution is -0.131. The SMILES string of the molecule is CNCC1CCCN1C(=O)CCNC(=O)c1n[nH]c2ccccc12. The summed E-state index contributed by atoms with van der Waals surface area (Å²) in [5, 5.41) is 13.6. The molecule has 0 radical (unpaired) electrons. The van der Waals surface area contributed by atoms with Crippen molar-refractivity contribution in [3.63, 3.8) is 0 Å². The van der Waals surface area contributed by atoms with Crippen molar-refractivity contribution in [3.05, 3.63) is 30.0 Å². The maximum atomic E-state index is 12.3. The molecule has 1 unspecified atom stereocenters. The standard InChI is InChI=1S/C17H23N5O2/c1-18-11-12-5-4-10-22(12)15(23)8-9-19-17(24)16-13-6-2-3-7-14(13)20-21-16/h2-3,6-7,12,18H,4-5,8-11H2,1H3,(H,19,24)(H,20,21). The second kappa shape index (κ2) is 7.44. The molecule has 2 heterocycles. The summed E-state index contributed by atoms with van der Waals surface area (Å²) < 4.78 is 0. The summed E-state index contributed by atoms with van der Waals surface area (Å²) in [7, 11) is 1.90. The minimum absolute atomic E-state index is 0.0972. The van der Waals surface area contributed by atoms with E-state index in [-0.39, 0.29) is 17.9 Å². The number of likely N-dealkylation sites (tertiary alicyclic amines) is 1. The van der Waals surface area contributed by atoms with Crippen LogP contribution in [0.15, 0.2) is 24.3 Å². The highest BCUT2D eigenvalue weighted by Crippen LogP contribution is 2.17. The molecule has 128 valence electrons. The number of hydrogen-bond acceptors (Lipinski definition) is 4. The predicted octanol–water partition coefficient (Wildman–Crippen LogP) is 0.893. The van der Waals surface area contributed by atoms with Crippen molar-refractivity contribution in [2.45, 2.75) is 25.3 Å². The van der Waals surface area contributed by atoms with Crippen molar-refractivity contribution in [1.29, 1.82) is 0 Å². The van der Waals surface area contributed by atoms with Crippen LogP contribution in [0.25, 0.3) is 10.9 Å². The van der Waals surface area contributed by atoms with Crippen LogP contribution in [-0.2, 0) is 4.79 Å². The van der Waals surface area contributed by atoms with Crippen LogP contribution in [0.2, 0.25) is 0 Å². The molecule has 2 amide bonds. The number of carbonyl (C=O) groups excluding carboxylic acids is 2. The number of nitrogens with zero attached hydrogens (tertiary/aromatic N) is 2. The highest BCUT2D eigenvalue weighted by Gasteiger charge is 2.27. The molecule has 0 aliphatic carbocycles. The van der Waals surface area contributed by atoms with Gasteiger partial charge in [-0.2, -0.15) is 5.10 Å². The number of amides is 2. The maximum Gasteiger partial charge on any atom is 0.272 e. The van der Waals surface area contributed by atoms with Gasteiger partial charge in [-0.25, -0.2) is 0 Å². The Labute approximate surface area is 140 Å². The van der Waals surface area contributed by atoms with Crippen molar-refractivity contribution in [1.82, 2.24) is 25.7 Å². The quantitative estimate of drug-likeness (QED) is 0.734. The topological polar surface area (TPSA) is 90.1 Å². The van der Waals surface area contributed by atoms with Gasteiger partial charge in [0.1, 0.15) is 0 Å². The van der Waals surface area contributed by atoms with Crippen molar-refractivity contribution >= 4 is 22.7 Å². The van der Waals surface area contributed by atoms with E-state index in [2.05, 4.69) is 20.8 Å². The molecular weight excluding hydrogens is 306 g/mol. The third-order valence-corrected chi connectivity index (χ3v) is 4.45. The Morgan fingerprint density at radius 1 is 1.38 bits per heavy atom. The Kier molecular flexibility index (Phi) is 5.10. The molecule has 0 spiro atoms. The molecule has 1 aliphatic rings. The van der Waals surface area contributed by atoms with Gasteiger partial charge in [-0.15, -0.1) is 0 Å². The predicted molar refractivity (Wildman–Crippen MR) is 91.7 cm³/mol. The number of benzene rings is 1. The molecule has 0 saturated carbocycles. The molecule has 1 saturated heterocycles. The van der Waals surface area contributed by atoms with Crippen LogP contribution in [0.5, 0.6) is 0 Å². The number of H-pyrrole nitrogens is 1. The van der Waals surface area contributed by atoms with Crippen LogP contribution in [0.3, 0.4) is 0 Å². The summed E-state index contributed by atoms with van der Waals surface area (Å²) in [6.45, 7) is 1.95. The molecule has 0 bridgehead atoms. The summed E-state index contributed by atoms with van der Waals surface area (Å²) in [4.78, 5) is 26.5. The van der Waals surface area contributed by atoms with E-state index < -0.39 is 0 Å². The van der Waals surface area contributed by atoms with E-state index in [1.165, 1.54) is 0 Å². The van der Waals surface area contributed by atoms with Gasteiger partial charge in [0, 0.05) is 37.5 Å². The summed E-state index contributed by atoms with van der Waals surface area (Å²) in [5.74, 6) is -0.159.